The molecule has 166 valence electrons. The molecule has 9 nitrogen and oxygen atoms in total. The van der Waals surface area contributed by atoms with Crippen molar-refractivity contribution in [2.75, 3.05) is 27.4 Å². The second-order valence-electron chi connectivity index (χ2n) is 7.12. The first-order valence-corrected chi connectivity index (χ1v) is 10.2. The SMILES string of the molecule is CCNC(=O)c1c(OC)cc(-n2cnc3cc(-c4cnn(CCO)c4)ccc32)cc1OC. The highest BCUT2D eigenvalue weighted by Crippen LogP contribution is 2.34. The normalized spacial score (nSPS) is 11.0. The topological polar surface area (TPSA) is 103 Å². The van der Waals surface area contributed by atoms with Crippen LogP contribution in [0.2, 0.25) is 0 Å². The Labute approximate surface area is 185 Å². The summed E-state index contributed by atoms with van der Waals surface area (Å²) in [5, 5.41) is 16.1. The molecule has 0 atom stereocenters. The zero-order valence-electron chi connectivity index (χ0n) is 18.2. The van der Waals surface area contributed by atoms with E-state index in [0.717, 1.165) is 27.8 Å². The molecule has 0 radical (unpaired) electrons. The van der Waals surface area contributed by atoms with Crippen molar-refractivity contribution in [2.45, 2.75) is 13.5 Å². The number of ether oxygens (including phenoxy) is 2. The average molecular weight is 435 g/mol. The maximum Gasteiger partial charge on any atom is 0.258 e. The van der Waals surface area contributed by atoms with Crippen LogP contribution in [0.5, 0.6) is 11.5 Å². The van der Waals surface area contributed by atoms with E-state index in [-0.39, 0.29) is 12.5 Å². The number of hydrogen-bond acceptors (Lipinski definition) is 6. The number of nitrogens with one attached hydrogen (secondary N) is 1. The number of imidazole rings is 1. The molecule has 2 N–H and O–H groups in total. The molecule has 0 bridgehead atoms. The summed E-state index contributed by atoms with van der Waals surface area (Å²) in [5.74, 6) is 0.578. The maximum atomic E-state index is 12.5. The summed E-state index contributed by atoms with van der Waals surface area (Å²) in [6.07, 6.45) is 5.39. The number of fused-ring (bicyclic) bond motifs is 1. The molecular formula is C23H25N5O4. The Kier molecular flexibility index (Phi) is 6.09. The molecule has 0 aliphatic heterocycles. The number of carbonyl (C=O) groups excluding carboxylic acids is 1. The summed E-state index contributed by atoms with van der Waals surface area (Å²) < 4.78 is 14.6. The molecule has 0 fully saturated rings. The highest BCUT2D eigenvalue weighted by atomic mass is 16.5. The fraction of sp³-hybridized carbons (Fsp3) is 0.261. The Balaban J connectivity index is 1.75. The van der Waals surface area contributed by atoms with Crippen molar-refractivity contribution >= 4 is 16.9 Å². The molecule has 1 amide bonds. The maximum absolute atomic E-state index is 12.5. The molecule has 0 unspecified atom stereocenters. The molecule has 0 aliphatic rings. The van der Waals surface area contributed by atoms with Gasteiger partial charge in [0.2, 0.25) is 0 Å². The zero-order chi connectivity index (χ0) is 22.7. The van der Waals surface area contributed by atoms with Crippen LogP contribution in [0.4, 0.5) is 0 Å². The van der Waals surface area contributed by atoms with Gasteiger partial charge >= 0.3 is 0 Å². The Morgan fingerprint density at radius 1 is 1.12 bits per heavy atom. The van der Waals surface area contributed by atoms with Crippen LogP contribution in [0, 0.1) is 0 Å². The monoisotopic (exact) mass is 435 g/mol. The number of aliphatic hydroxyl groups is 1. The number of carbonyl (C=O) groups is 1. The fourth-order valence-corrected chi connectivity index (χ4v) is 3.65. The van der Waals surface area contributed by atoms with Gasteiger partial charge in [-0.15, -0.1) is 0 Å². The Bertz CT molecular complexity index is 1240. The highest BCUT2D eigenvalue weighted by Gasteiger charge is 2.20. The van der Waals surface area contributed by atoms with Crippen molar-refractivity contribution in [3.05, 3.63) is 54.6 Å². The van der Waals surface area contributed by atoms with Gasteiger partial charge in [-0.2, -0.15) is 5.10 Å². The summed E-state index contributed by atoms with van der Waals surface area (Å²) in [4.78, 5) is 17.1. The molecule has 2 aromatic carbocycles. The van der Waals surface area contributed by atoms with Gasteiger partial charge in [-0.3, -0.25) is 14.0 Å². The Morgan fingerprint density at radius 2 is 1.88 bits per heavy atom. The molecule has 2 heterocycles. The van der Waals surface area contributed by atoms with Crippen LogP contribution < -0.4 is 14.8 Å². The molecule has 4 aromatic rings. The summed E-state index contributed by atoms with van der Waals surface area (Å²) >= 11 is 0. The van der Waals surface area contributed by atoms with Gasteiger partial charge < -0.3 is 19.9 Å². The molecule has 4 rings (SSSR count). The molecule has 0 aliphatic carbocycles. The van der Waals surface area contributed by atoms with Crippen molar-refractivity contribution in [1.82, 2.24) is 24.6 Å². The molecule has 9 heteroatoms. The molecule has 2 aromatic heterocycles. The largest absolute Gasteiger partial charge is 0.496 e. The first-order chi connectivity index (χ1) is 15.6. The van der Waals surface area contributed by atoms with Gasteiger partial charge in [0.05, 0.1) is 50.3 Å². The van der Waals surface area contributed by atoms with E-state index >= 15 is 0 Å². The van der Waals surface area contributed by atoms with Crippen molar-refractivity contribution in [3.63, 3.8) is 0 Å². The summed E-state index contributed by atoms with van der Waals surface area (Å²) in [5.41, 5.74) is 4.75. The molecule has 0 saturated heterocycles. The van der Waals surface area contributed by atoms with Gasteiger partial charge in [0, 0.05) is 30.4 Å². The second-order valence-corrected chi connectivity index (χ2v) is 7.12. The van der Waals surface area contributed by atoms with E-state index in [1.165, 1.54) is 14.2 Å². The zero-order valence-corrected chi connectivity index (χ0v) is 18.2. The third kappa shape index (κ3) is 3.90. The number of benzene rings is 2. The number of aromatic nitrogens is 4. The van der Waals surface area contributed by atoms with Gasteiger partial charge in [0.15, 0.2) is 0 Å². The summed E-state index contributed by atoms with van der Waals surface area (Å²) in [6, 6.07) is 9.56. The van der Waals surface area contributed by atoms with E-state index in [4.69, 9.17) is 14.6 Å². The van der Waals surface area contributed by atoms with Crippen molar-refractivity contribution in [1.29, 1.82) is 0 Å². The van der Waals surface area contributed by atoms with E-state index in [1.807, 2.05) is 35.9 Å². The molecular weight excluding hydrogens is 410 g/mol. The molecule has 0 saturated carbocycles. The van der Waals surface area contributed by atoms with E-state index in [9.17, 15) is 4.79 Å². The number of amides is 1. The van der Waals surface area contributed by atoms with Gasteiger partial charge in [0.1, 0.15) is 23.4 Å². The molecule has 32 heavy (non-hydrogen) atoms. The number of hydrogen-bond donors (Lipinski definition) is 2. The van der Waals surface area contributed by atoms with Gasteiger partial charge in [0.25, 0.3) is 5.91 Å². The number of aliphatic hydroxyl groups excluding tert-OH is 1. The van der Waals surface area contributed by atoms with Crippen molar-refractivity contribution < 1.29 is 19.4 Å². The fourth-order valence-electron chi connectivity index (χ4n) is 3.65. The van der Waals surface area contributed by atoms with E-state index in [0.29, 0.717) is 30.2 Å². The summed E-state index contributed by atoms with van der Waals surface area (Å²) in [6.45, 7) is 2.85. The van der Waals surface area contributed by atoms with E-state index < -0.39 is 0 Å². The lowest BCUT2D eigenvalue weighted by Crippen LogP contribution is -2.24. The predicted octanol–water partition coefficient (Wildman–Crippen LogP) is 2.65. The third-order valence-corrected chi connectivity index (χ3v) is 5.18. The third-order valence-electron chi connectivity index (χ3n) is 5.18. The number of methoxy groups -OCH3 is 2. The lowest BCUT2D eigenvalue weighted by molar-refractivity contribution is 0.0949. The minimum atomic E-state index is -0.255. The first kappa shape index (κ1) is 21.4. The van der Waals surface area contributed by atoms with Crippen LogP contribution >= 0.6 is 0 Å². The van der Waals surface area contributed by atoms with Crippen LogP contribution in [-0.4, -0.2) is 57.7 Å². The van der Waals surface area contributed by atoms with Gasteiger partial charge in [-0.1, -0.05) is 6.07 Å². The smallest absolute Gasteiger partial charge is 0.258 e. The minimum absolute atomic E-state index is 0.0381. The average Bonchev–Trinajstić information content (AvgIpc) is 3.45. The highest BCUT2D eigenvalue weighted by molar-refractivity contribution is 6.00. The van der Waals surface area contributed by atoms with E-state index in [1.54, 1.807) is 29.3 Å². The lowest BCUT2D eigenvalue weighted by Gasteiger charge is -2.15. The van der Waals surface area contributed by atoms with Gasteiger partial charge in [-0.05, 0) is 24.6 Å². The van der Waals surface area contributed by atoms with Crippen LogP contribution in [0.3, 0.4) is 0 Å². The standard InChI is InChI=1S/C23H25N5O4/c1-4-24-23(30)22-20(31-2)10-17(11-21(22)32-3)28-14-25-18-9-15(5-6-19(18)28)16-12-26-27(13-16)7-8-29/h5-6,9-14,29H,4,7-8H2,1-3H3,(H,24,30). The van der Waals surface area contributed by atoms with Crippen LogP contribution in [-0.2, 0) is 6.54 Å². The van der Waals surface area contributed by atoms with E-state index in [2.05, 4.69) is 15.4 Å². The number of rotatable bonds is 8. The summed E-state index contributed by atoms with van der Waals surface area (Å²) in [7, 11) is 3.05. The van der Waals surface area contributed by atoms with Crippen LogP contribution in [0.15, 0.2) is 49.1 Å². The van der Waals surface area contributed by atoms with Crippen LogP contribution in [0.1, 0.15) is 17.3 Å². The second kappa shape index (κ2) is 9.11. The minimum Gasteiger partial charge on any atom is -0.496 e. The van der Waals surface area contributed by atoms with Crippen molar-refractivity contribution in [3.8, 4) is 28.3 Å². The first-order valence-electron chi connectivity index (χ1n) is 10.2. The molecule has 0 spiro atoms. The Morgan fingerprint density at radius 3 is 2.53 bits per heavy atom. The lowest BCUT2D eigenvalue weighted by atomic mass is 10.1. The van der Waals surface area contributed by atoms with Crippen LogP contribution in [0.25, 0.3) is 27.8 Å². The quantitative estimate of drug-likeness (QED) is 0.441. The van der Waals surface area contributed by atoms with Crippen molar-refractivity contribution in [2.24, 2.45) is 0 Å². The van der Waals surface area contributed by atoms with Gasteiger partial charge in [-0.25, -0.2) is 4.98 Å². The predicted molar refractivity (Wildman–Crippen MR) is 120 cm³/mol. The Hall–Kier alpha value is -3.85. The number of nitrogens with zero attached hydrogens (tertiary/aromatic N) is 4.